The minimum absolute atomic E-state index is 0.224. The van der Waals surface area contributed by atoms with Gasteiger partial charge in [-0.25, -0.2) is 4.98 Å². The average molecular weight is 246 g/mol. The standard InChI is InChI=1S/C8H12BrN3O/c1-5(2)4-13-7-6(9)3-11-8(10)12-7/h3,5H,4H2,1-2H3,(H2,10,11,12). The predicted octanol–water partition coefficient (Wildman–Crippen LogP) is 1.86. The first kappa shape index (κ1) is 10.2. The first-order valence-electron chi connectivity index (χ1n) is 4.00. The highest BCUT2D eigenvalue weighted by Gasteiger charge is 2.05. The molecule has 0 unspecified atom stereocenters. The number of rotatable bonds is 3. The summed E-state index contributed by atoms with van der Waals surface area (Å²) in [5.74, 6) is 1.19. The number of nitrogens with two attached hydrogens (primary N) is 1. The van der Waals surface area contributed by atoms with Crippen LogP contribution in [-0.2, 0) is 0 Å². The molecule has 0 saturated carbocycles. The van der Waals surface area contributed by atoms with Crippen molar-refractivity contribution in [3.05, 3.63) is 10.7 Å². The summed E-state index contributed by atoms with van der Waals surface area (Å²) in [7, 11) is 0. The molecule has 0 aliphatic carbocycles. The van der Waals surface area contributed by atoms with Crippen LogP contribution in [0.2, 0.25) is 0 Å². The van der Waals surface area contributed by atoms with Crippen LogP contribution in [0.4, 0.5) is 5.95 Å². The summed E-state index contributed by atoms with van der Waals surface area (Å²) < 4.78 is 6.13. The van der Waals surface area contributed by atoms with Crippen molar-refractivity contribution in [1.82, 2.24) is 9.97 Å². The second-order valence-corrected chi connectivity index (χ2v) is 3.94. The van der Waals surface area contributed by atoms with Crippen molar-refractivity contribution in [3.8, 4) is 5.88 Å². The minimum atomic E-state index is 0.224. The summed E-state index contributed by atoms with van der Waals surface area (Å²) in [6, 6.07) is 0. The molecule has 0 amide bonds. The number of ether oxygens (including phenoxy) is 1. The molecule has 13 heavy (non-hydrogen) atoms. The van der Waals surface area contributed by atoms with E-state index < -0.39 is 0 Å². The van der Waals surface area contributed by atoms with E-state index in [1.165, 1.54) is 0 Å². The molecular formula is C8H12BrN3O. The van der Waals surface area contributed by atoms with Gasteiger partial charge in [0.15, 0.2) is 0 Å². The van der Waals surface area contributed by atoms with Gasteiger partial charge in [-0.1, -0.05) is 13.8 Å². The van der Waals surface area contributed by atoms with Gasteiger partial charge in [0, 0.05) is 0 Å². The molecule has 72 valence electrons. The smallest absolute Gasteiger partial charge is 0.232 e. The maximum Gasteiger partial charge on any atom is 0.232 e. The van der Waals surface area contributed by atoms with Crippen LogP contribution in [0.15, 0.2) is 10.7 Å². The molecule has 0 aliphatic heterocycles. The van der Waals surface area contributed by atoms with Crippen molar-refractivity contribution in [2.24, 2.45) is 5.92 Å². The predicted molar refractivity (Wildman–Crippen MR) is 54.5 cm³/mol. The van der Waals surface area contributed by atoms with E-state index in [2.05, 4.69) is 39.7 Å². The van der Waals surface area contributed by atoms with Crippen LogP contribution in [-0.4, -0.2) is 16.6 Å². The van der Waals surface area contributed by atoms with Crippen molar-refractivity contribution in [2.45, 2.75) is 13.8 Å². The Bertz CT molecular complexity index is 291. The Kier molecular flexibility index (Phi) is 3.48. The second kappa shape index (κ2) is 4.41. The van der Waals surface area contributed by atoms with Gasteiger partial charge in [0.2, 0.25) is 11.8 Å². The lowest BCUT2D eigenvalue weighted by atomic mass is 10.2. The molecule has 0 saturated heterocycles. The Hall–Kier alpha value is -0.840. The van der Waals surface area contributed by atoms with Gasteiger partial charge in [0.1, 0.15) is 0 Å². The highest BCUT2D eigenvalue weighted by atomic mass is 79.9. The molecule has 0 bridgehead atoms. The molecule has 0 atom stereocenters. The van der Waals surface area contributed by atoms with Crippen LogP contribution in [0.3, 0.4) is 0 Å². The Morgan fingerprint density at radius 2 is 2.31 bits per heavy atom. The molecule has 2 N–H and O–H groups in total. The number of nitrogens with zero attached hydrogens (tertiary/aromatic N) is 2. The van der Waals surface area contributed by atoms with Crippen LogP contribution >= 0.6 is 15.9 Å². The molecule has 4 nitrogen and oxygen atoms in total. The minimum Gasteiger partial charge on any atom is -0.476 e. The van der Waals surface area contributed by atoms with Gasteiger partial charge in [-0.2, -0.15) is 4.98 Å². The highest BCUT2D eigenvalue weighted by molar-refractivity contribution is 9.10. The van der Waals surface area contributed by atoms with E-state index in [1.807, 2.05) is 0 Å². The largest absolute Gasteiger partial charge is 0.476 e. The van der Waals surface area contributed by atoms with E-state index >= 15 is 0 Å². The zero-order valence-electron chi connectivity index (χ0n) is 7.62. The summed E-state index contributed by atoms with van der Waals surface area (Å²) in [6.45, 7) is 4.76. The van der Waals surface area contributed by atoms with Crippen molar-refractivity contribution in [2.75, 3.05) is 12.3 Å². The molecule has 1 aromatic heterocycles. The third kappa shape index (κ3) is 3.18. The molecule has 0 aromatic carbocycles. The van der Waals surface area contributed by atoms with Gasteiger partial charge < -0.3 is 10.5 Å². The Balaban J connectivity index is 2.70. The molecular weight excluding hydrogens is 234 g/mol. The first-order chi connectivity index (χ1) is 6.09. The fourth-order valence-corrected chi connectivity index (χ4v) is 1.02. The molecule has 5 heteroatoms. The van der Waals surface area contributed by atoms with Gasteiger partial charge in [-0.3, -0.25) is 0 Å². The molecule has 1 heterocycles. The van der Waals surface area contributed by atoms with Crippen molar-refractivity contribution in [3.63, 3.8) is 0 Å². The normalized spacial score (nSPS) is 10.5. The van der Waals surface area contributed by atoms with E-state index in [9.17, 15) is 0 Å². The van der Waals surface area contributed by atoms with Crippen molar-refractivity contribution < 1.29 is 4.74 Å². The molecule has 0 fully saturated rings. The summed E-state index contributed by atoms with van der Waals surface area (Å²) in [6.07, 6.45) is 1.58. The number of nitrogen functional groups attached to an aromatic ring is 1. The number of halogens is 1. The SMILES string of the molecule is CC(C)COc1nc(N)ncc1Br. The van der Waals surface area contributed by atoms with Gasteiger partial charge in [0.25, 0.3) is 0 Å². The summed E-state index contributed by atoms with van der Waals surface area (Å²) in [5, 5.41) is 0. The van der Waals surface area contributed by atoms with Crippen LogP contribution in [0.5, 0.6) is 5.88 Å². The summed E-state index contributed by atoms with van der Waals surface area (Å²) in [4.78, 5) is 7.75. The first-order valence-corrected chi connectivity index (χ1v) is 4.79. The van der Waals surface area contributed by atoms with Crippen LogP contribution in [0.25, 0.3) is 0 Å². The van der Waals surface area contributed by atoms with Crippen molar-refractivity contribution >= 4 is 21.9 Å². The Morgan fingerprint density at radius 3 is 2.92 bits per heavy atom. The number of aromatic nitrogens is 2. The fourth-order valence-electron chi connectivity index (χ4n) is 0.711. The van der Waals surface area contributed by atoms with Gasteiger partial charge in [-0.05, 0) is 21.8 Å². The lowest BCUT2D eigenvalue weighted by Gasteiger charge is -2.08. The van der Waals surface area contributed by atoms with E-state index in [-0.39, 0.29) is 5.95 Å². The maximum atomic E-state index is 5.41. The van der Waals surface area contributed by atoms with E-state index in [0.29, 0.717) is 18.4 Å². The molecule has 0 radical (unpaired) electrons. The quantitative estimate of drug-likeness (QED) is 0.884. The molecule has 1 aromatic rings. The molecule has 1 rings (SSSR count). The third-order valence-corrected chi connectivity index (χ3v) is 1.83. The lowest BCUT2D eigenvalue weighted by molar-refractivity contribution is 0.259. The van der Waals surface area contributed by atoms with Crippen LogP contribution < -0.4 is 10.5 Å². The topological polar surface area (TPSA) is 61.0 Å². The van der Waals surface area contributed by atoms with Crippen LogP contribution in [0.1, 0.15) is 13.8 Å². The van der Waals surface area contributed by atoms with Crippen LogP contribution in [0, 0.1) is 5.92 Å². The highest BCUT2D eigenvalue weighted by Crippen LogP contribution is 2.21. The summed E-state index contributed by atoms with van der Waals surface area (Å²) in [5.41, 5.74) is 5.41. The van der Waals surface area contributed by atoms with Crippen molar-refractivity contribution in [1.29, 1.82) is 0 Å². The summed E-state index contributed by atoms with van der Waals surface area (Å²) >= 11 is 3.27. The molecule has 0 aliphatic rings. The molecule has 0 spiro atoms. The zero-order valence-corrected chi connectivity index (χ0v) is 9.21. The number of hydrogen-bond acceptors (Lipinski definition) is 4. The van der Waals surface area contributed by atoms with E-state index in [0.717, 1.165) is 4.47 Å². The lowest BCUT2D eigenvalue weighted by Crippen LogP contribution is -2.07. The van der Waals surface area contributed by atoms with Gasteiger partial charge >= 0.3 is 0 Å². The second-order valence-electron chi connectivity index (χ2n) is 3.09. The average Bonchev–Trinajstić information content (AvgIpc) is 2.06. The fraction of sp³-hybridized carbons (Fsp3) is 0.500. The van der Waals surface area contributed by atoms with E-state index in [1.54, 1.807) is 6.20 Å². The van der Waals surface area contributed by atoms with Gasteiger partial charge in [0.05, 0.1) is 17.3 Å². The van der Waals surface area contributed by atoms with Gasteiger partial charge in [-0.15, -0.1) is 0 Å². The Labute approximate surface area is 85.7 Å². The third-order valence-electron chi connectivity index (χ3n) is 1.28. The zero-order chi connectivity index (χ0) is 9.84. The van der Waals surface area contributed by atoms with E-state index in [4.69, 9.17) is 10.5 Å². The Morgan fingerprint density at radius 1 is 1.62 bits per heavy atom. The monoisotopic (exact) mass is 245 g/mol. The number of anilines is 1. The maximum absolute atomic E-state index is 5.41. The number of hydrogen-bond donors (Lipinski definition) is 1.